The van der Waals surface area contributed by atoms with Crippen LogP contribution in [0.25, 0.3) is 10.4 Å². The Morgan fingerprint density at radius 2 is 2.33 bits per heavy atom. The van der Waals surface area contributed by atoms with Gasteiger partial charge in [0.25, 0.3) is 0 Å². The van der Waals surface area contributed by atoms with Gasteiger partial charge in [-0.3, -0.25) is 10.1 Å². The summed E-state index contributed by atoms with van der Waals surface area (Å²) in [5.74, 6) is -1.11. The first kappa shape index (κ1) is 16.7. The third-order valence-electron chi connectivity index (χ3n) is 3.20. The maximum atomic E-state index is 13.8. The Labute approximate surface area is 121 Å². The molecule has 0 fully saturated rings. The van der Waals surface area contributed by atoms with Gasteiger partial charge in [-0.15, -0.1) is 0 Å². The van der Waals surface area contributed by atoms with Gasteiger partial charge in [-0.1, -0.05) is 11.2 Å². The van der Waals surface area contributed by atoms with Crippen LogP contribution in [-0.2, 0) is 10.3 Å². The van der Waals surface area contributed by atoms with E-state index in [9.17, 15) is 9.18 Å². The van der Waals surface area contributed by atoms with E-state index in [4.69, 9.17) is 16.0 Å². The molecule has 0 heterocycles. The molecule has 1 amide bonds. The summed E-state index contributed by atoms with van der Waals surface area (Å²) >= 11 is 0. The number of ether oxygens (including phenoxy) is 1. The molecule has 7 nitrogen and oxygen atoms in total. The molecule has 0 radical (unpaired) electrons. The van der Waals surface area contributed by atoms with Gasteiger partial charge in [-0.05, 0) is 43.1 Å². The van der Waals surface area contributed by atoms with Gasteiger partial charge in [0.05, 0.1) is 7.11 Å². The molecule has 1 unspecified atom stereocenters. The van der Waals surface area contributed by atoms with Crippen molar-refractivity contribution >= 4 is 5.91 Å². The van der Waals surface area contributed by atoms with Crippen LogP contribution in [0.3, 0.4) is 0 Å². The van der Waals surface area contributed by atoms with Crippen LogP contribution in [0.2, 0.25) is 0 Å². The van der Waals surface area contributed by atoms with Crippen LogP contribution in [0.15, 0.2) is 23.3 Å². The monoisotopic (exact) mass is 295 g/mol. The number of hydrogen-bond acceptors (Lipinski definition) is 4. The highest BCUT2D eigenvalue weighted by molar-refractivity contribution is 5.85. The molecule has 0 aromatic heterocycles. The van der Waals surface area contributed by atoms with E-state index in [1.54, 1.807) is 13.0 Å². The zero-order valence-electron chi connectivity index (χ0n) is 12.0. The summed E-state index contributed by atoms with van der Waals surface area (Å²) < 4.78 is 18.6. The Morgan fingerprint density at radius 1 is 1.62 bits per heavy atom. The first-order valence-electron chi connectivity index (χ1n) is 6.35. The van der Waals surface area contributed by atoms with Crippen LogP contribution >= 0.6 is 0 Å². The zero-order chi connectivity index (χ0) is 15.9. The number of rotatable bonds is 8. The summed E-state index contributed by atoms with van der Waals surface area (Å²) in [6, 6.07) is 4.23. The molecule has 0 saturated heterocycles. The summed E-state index contributed by atoms with van der Waals surface area (Å²) in [7, 11) is 1.36. The van der Waals surface area contributed by atoms with Crippen LogP contribution in [0.5, 0.6) is 5.75 Å². The van der Waals surface area contributed by atoms with E-state index in [0.29, 0.717) is 25.1 Å². The molecular formula is C13H18FN5O2. The number of benzene rings is 1. The second-order valence-corrected chi connectivity index (χ2v) is 4.57. The van der Waals surface area contributed by atoms with E-state index in [-0.39, 0.29) is 5.75 Å². The molecule has 114 valence electrons. The van der Waals surface area contributed by atoms with Crippen LogP contribution in [0, 0.1) is 5.82 Å². The first-order valence-corrected chi connectivity index (χ1v) is 6.35. The van der Waals surface area contributed by atoms with Crippen molar-refractivity contribution in [3.8, 4) is 5.75 Å². The zero-order valence-corrected chi connectivity index (χ0v) is 12.0. The summed E-state index contributed by atoms with van der Waals surface area (Å²) in [5.41, 5.74) is 12.8. The minimum absolute atomic E-state index is 0.0916. The Balaban J connectivity index is 2.91. The average molecular weight is 295 g/mol. The third-order valence-corrected chi connectivity index (χ3v) is 3.20. The Morgan fingerprint density at radius 3 is 2.86 bits per heavy atom. The Hall–Kier alpha value is -2.31. The number of methoxy groups -OCH3 is 1. The highest BCUT2D eigenvalue weighted by Crippen LogP contribution is 2.25. The molecule has 0 spiro atoms. The maximum absolute atomic E-state index is 13.8. The molecule has 0 bridgehead atoms. The topological polar surface area (TPSA) is 113 Å². The fourth-order valence-corrected chi connectivity index (χ4v) is 1.84. The number of nitrogens with zero attached hydrogens (tertiary/aromatic N) is 3. The second kappa shape index (κ2) is 7.47. The standard InChI is InChI=1S/C13H18FN5O2/c1-13(12(15)20,17-6-3-7-18-19-16)9-4-5-11(21-2)10(14)8-9/h4-5,8,17H,3,6-7H2,1-2H3,(H2,15,20). The lowest BCUT2D eigenvalue weighted by atomic mass is 9.90. The van der Waals surface area contributed by atoms with Crippen molar-refractivity contribution < 1.29 is 13.9 Å². The minimum atomic E-state index is -1.22. The molecule has 0 aliphatic rings. The second-order valence-electron chi connectivity index (χ2n) is 4.57. The number of carbonyl (C=O) groups is 1. The molecule has 1 atom stereocenters. The van der Waals surface area contributed by atoms with Crippen LogP contribution in [-0.4, -0.2) is 26.1 Å². The fraction of sp³-hybridized carbons (Fsp3) is 0.462. The molecule has 0 aliphatic heterocycles. The fourth-order valence-electron chi connectivity index (χ4n) is 1.84. The minimum Gasteiger partial charge on any atom is -0.494 e. The van der Waals surface area contributed by atoms with Gasteiger partial charge < -0.3 is 10.5 Å². The predicted molar refractivity (Wildman–Crippen MR) is 76.1 cm³/mol. The van der Waals surface area contributed by atoms with Gasteiger partial charge in [0.1, 0.15) is 5.54 Å². The highest BCUT2D eigenvalue weighted by atomic mass is 19.1. The molecule has 3 N–H and O–H groups in total. The SMILES string of the molecule is COc1ccc(C(C)(NCCCN=[N+]=[N-])C(N)=O)cc1F. The molecule has 1 rings (SSSR count). The van der Waals surface area contributed by atoms with Crippen molar-refractivity contribution in [2.24, 2.45) is 10.8 Å². The number of nitrogens with one attached hydrogen (secondary N) is 1. The Kier molecular flexibility index (Phi) is 5.95. The first-order chi connectivity index (χ1) is 9.95. The van der Waals surface area contributed by atoms with E-state index in [0.717, 1.165) is 0 Å². The van der Waals surface area contributed by atoms with Crippen molar-refractivity contribution in [2.75, 3.05) is 20.2 Å². The van der Waals surface area contributed by atoms with Crippen LogP contribution in [0.4, 0.5) is 4.39 Å². The smallest absolute Gasteiger partial charge is 0.242 e. The van der Waals surface area contributed by atoms with Crippen molar-refractivity contribution in [1.29, 1.82) is 0 Å². The van der Waals surface area contributed by atoms with E-state index >= 15 is 0 Å². The molecule has 8 heteroatoms. The quantitative estimate of drug-likeness (QED) is 0.330. The largest absolute Gasteiger partial charge is 0.494 e. The van der Waals surface area contributed by atoms with Gasteiger partial charge in [0.15, 0.2) is 11.6 Å². The predicted octanol–water partition coefficient (Wildman–Crippen LogP) is 1.82. The molecule has 1 aromatic rings. The Bertz CT molecular complexity index is 559. The number of amides is 1. The number of primary amides is 1. The number of hydrogen-bond donors (Lipinski definition) is 2. The van der Waals surface area contributed by atoms with Gasteiger partial charge in [-0.2, -0.15) is 0 Å². The van der Waals surface area contributed by atoms with Crippen molar-refractivity contribution in [1.82, 2.24) is 5.32 Å². The number of nitrogens with two attached hydrogens (primary N) is 1. The highest BCUT2D eigenvalue weighted by Gasteiger charge is 2.33. The van der Waals surface area contributed by atoms with E-state index in [1.165, 1.54) is 19.2 Å². The van der Waals surface area contributed by atoms with E-state index < -0.39 is 17.3 Å². The summed E-state index contributed by atoms with van der Waals surface area (Å²) in [6.45, 7) is 2.27. The third kappa shape index (κ3) is 4.08. The van der Waals surface area contributed by atoms with Gasteiger partial charge in [0.2, 0.25) is 5.91 Å². The summed E-state index contributed by atoms with van der Waals surface area (Å²) in [4.78, 5) is 14.4. The van der Waals surface area contributed by atoms with E-state index in [1.807, 2.05) is 0 Å². The molecule has 0 saturated carbocycles. The lowest BCUT2D eigenvalue weighted by Gasteiger charge is -2.28. The normalized spacial score (nSPS) is 13.1. The number of halogens is 1. The lowest BCUT2D eigenvalue weighted by Crippen LogP contribution is -2.50. The van der Waals surface area contributed by atoms with Crippen molar-refractivity contribution in [2.45, 2.75) is 18.9 Å². The van der Waals surface area contributed by atoms with E-state index in [2.05, 4.69) is 15.3 Å². The molecular weight excluding hydrogens is 277 g/mol. The van der Waals surface area contributed by atoms with Gasteiger partial charge in [0, 0.05) is 11.5 Å². The van der Waals surface area contributed by atoms with Crippen LogP contribution in [0.1, 0.15) is 18.9 Å². The van der Waals surface area contributed by atoms with Gasteiger partial charge >= 0.3 is 0 Å². The number of carbonyl (C=O) groups excluding carboxylic acids is 1. The van der Waals surface area contributed by atoms with Gasteiger partial charge in [-0.25, -0.2) is 4.39 Å². The van der Waals surface area contributed by atoms with Crippen LogP contribution < -0.4 is 15.8 Å². The molecule has 0 aliphatic carbocycles. The molecule has 1 aromatic carbocycles. The molecule has 21 heavy (non-hydrogen) atoms. The summed E-state index contributed by atoms with van der Waals surface area (Å²) in [5, 5.41) is 6.36. The van der Waals surface area contributed by atoms with Crippen molar-refractivity contribution in [3.63, 3.8) is 0 Å². The summed E-state index contributed by atoms with van der Waals surface area (Å²) in [6.07, 6.45) is 0.533. The lowest BCUT2D eigenvalue weighted by molar-refractivity contribution is -0.124. The number of azide groups is 1. The van der Waals surface area contributed by atoms with Crippen molar-refractivity contribution in [3.05, 3.63) is 40.0 Å². The average Bonchev–Trinajstić information content (AvgIpc) is 2.46. The maximum Gasteiger partial charge on any atom is 0.242 e.